The monoisotopic (exact) mass is 397 g/mol. The molecule has 0 aromatic carbocycles. The average Bonchev–Trinajstić information content (AvgIpc) is 3.34. The Morgan fingerprint density at radius 2 is 1.21 bits per heavy atom. The minimum Gasteiger partial charge on any atom is -0.444 e. The molecule has 0 aromatic heterocycles. The van der Waals surface area contributed by atoms with Gasteiger partial charge in [0.25, 0.3) is 11.8 Å². The SMILES string of the molecule is CON(C)C(=O)[C@]1(C)[C@H]2[C@H]3[C@@H](N(C(=O)OC(C)(C)C)[C@H]21)[C@]3(C)C(=O)N(C)OC. The molecule has 2 aliphatic carbocycles. The molecule has 2 saturated carbocycles. The largest absolute Gasteiger partial charge is 0.444 e. The zero-order valence-electron chi connectivity index (χ0n) is 18.1. The molecule has 9 heteroatoms. The van der Waals surface area contributed by atoms with Gasteiger partial charge >= 0.3 is 6.09 Å². The third-order valence-electron chi connectivity index (χ3n) is 6.71. The Labute approximate surface area is 165 Å². The van der Waals surface area contributed by atoms with Gasteiger partial charge in [-0.3, -0.25) is 24.2 Å². The topological polar surface area (TPSA) is 88.6 Å². The van der Waals surface area contributed by atoms with Crippen LogP contribution in [-0.4, -0.2) is 78.9 Å². The molecule has 9 nitrogen and oxygen atoms in total. The Bertz CT molecular complexity index is 675. The molecule has 0 bridgehead atoms. The van der Waals surface area contributed by atoms with E-state index in [1.54, 1.807) is 39.8 Å². The van der Waals surface area contributed by atoms with Crippen molar-refractivity contribution in [3.8, 4) is 0 Å². The molecule has 0 aromatic rings. The van der Waals surface area contributed by atoms with Crippen molar-refractivity contribution in [2.45, 2.75) is 52.3 Å². The van der Waals surface area contributed by atoms with Crippen molar-refractivity contribution in [2.24, 2.45) is 22.7 Å². The van der Waals surface area contributed by atoms with Gasteiger partial charge in [-0.15, -0.1) is 0 Å². The van der Waals surface area contributed by atoms with Gasteiger partial charge in [0.15, 0.2) is 0 Å². The lowest BCUT2D eigenvalue weighted by atomic mass is 9.97. The summed E-state index contributed by atoms with van der Waals surface area (Å²) in [4.78, 5) is 50.7. The Hall–Kier alpha value is -1.87. The molecule has 3 aliphatic rings. The molecule has 0 unspecified atom stereocenters. The van der Waals surface area contributed by atoms with E-state index in [-0.39, 0.29) is 35.7 Å². The second kappa shape index (κ2) is 6.06. The maximum atomic E-state index is 13.0. The highest BCUT2D eigenvalue weighted by Gasteiger charge is 2.91. The summed E-state index contributed by atoms with van der Waals surface area (Å²) in [5.74, 6) is -0.679. The summed E-state index contributed by atoms with van der Waals surface area (Å²) in [5.41, 5.74) is -2.30. The van der Waals surface area contributed by atoms with Crippen LogP contribution >= 0.6 is 0 Å². The molecular formula is C19H31N3O6. The predicted octanol–water partition coefficient (Wildman–Crippen LogP) is 1.29. The first-order valence-corrected chi connectivity index (χ1v) is 9.44. The Morgan fingerprint density at radius 3 is 1.50 bits per heavy atom. The Kier molecular flexibility index (Phi) is 4.51. The van der Waals surface area contributed by atoms with Gasteiger partial charge in [-0.05, 0) is 34.6 Å². The summed E-state index contributed by atoms with van der Waals surface area (Å²) in [6, 6.07) is -0.618. The first-order chi connectivity index (χ1) is 12.8. The first-order valence-electron chi connectivity index (χ1n) is 9.44. The summed E-state index contributed by atoms with van der Waals surface area (Å²) in [6.45, 7) is 9.04. The van der Waals surface area contributed by atoms with Crippen LogP contribution in [-0.2, 0) is 24.0 Å². The van der Waals surface area contributed by atoms with Gasteiger partial charge in [0.2, 0.25) is 0 Å². The molecule has 1 heterocycles. The van der Waals surface area contributed by atoms with E-state index in [9.17, 15) is 14.4 Å². The van der Waals surface area contributed by atoms with Gasteiger partial charge in [0.1, 0.15) is 5.60 Å². The molecule has 1 saturated heterocycles. The number of rotatable bonds is 4. The van der Waals surface area contributed by atoms with Crippen LogP contribution in [0, 0.1) is 22.7 Å². The number of amides is 3. The molecule has 0 spiro atoms. The number of fused-ring (bicyclic) bond motifs is 3. The fraction of sp³-hybridized carbons (Fsp3) is 0.842. The molecule has 0 radical (unpaired) electrons. The van der Waals surface area contributed by atoms with E-state index in [0.29, 0.717) is 0 Å². The fourth-order valence-electron chi connectivity index (χ4n) is 5.21. The summed E-state index contributed by atoms with van der Waals surface area (Å²) in [7, 11) is 5.94. The smallest absolute Gasteiger partial charge is 0.410 e. The lowest BCUT2D eigenvalue weighted by Crippen LogP contribution is -2.47. The molecule has 0 N–H and O–H groups in total. The first kappa shape index (κ1) is 20.9. The van der Waals surface area contributed by atoms with Crippen LogP contribution in [0.5, 0.6) is 0 Å². The van der Waals surface area contributed by atoms with Gasteiger partial charge in [-0.25, -0.2) is 14.9 Å². The van der Waals surface area contributed by atoms with Crippen molar-refractivity contribution >= 4 is 17.9 Å². The third kappa shape index (κ3) is 2.55. The molecule has 158 valence electrons. The number of piperidine rings is 2. The average molecular weight is 397 g/mol. The van der Waals surface area contributed by atoms with E-state index >= 15 is 0 Å². The summed E-state index contributed by atoms with van der Waals surface area (Å²) in [5, 5.41) is 2.37. The van der Waals surface area contributed by atoms with Gasteiger partial charge in [-0.1, -0.05) is 0 Å². The normalized spacial score (nSPS) is 37.7. The molecule has 6 atom stereocenters. The molecule has 28 heavy (non-hydrogen) atoms. The van der Waals surface area contributed by atoms with E-state index in [1.165, 1.54) is 24.3 Å². The quantitative estimate of drug-likeness (QED) is 0.664. The minimum absolute atomic E-state index is 0.130. The number of hydroxylamine groups is 4. The number of hydrogen-bond acceptors (Lipinski definition) is 6. The van der Waals surface area contributed by atoms with E-state index in [0.717, 1.165) is 0 Å². The van der Waals surface area contributed by atoms with Gasteiger partial charge < -0.3 is 4.74 Å². The van der Waals surface area contributed by atoms with Crippen molar-refractivity contribution in [3.63, 3.8) is 0 Å². The minimum atomic E-state index is -0.813. The van der Waals surface area contributed by atoms with Crippen LogP contribution in [0.4, 0.5) is 4.79 Å². The second-order valence-electron chi connectivity index (χ2n) is 9.36. The van der Waals surface area contributed by atoms with Gasteiger partial charge in [0.05, 0.1) is 37.1 Å². The summed E-state index contributed by atoms with van der Waals surface area (Å²) in [6.07, 6.45) is -0.497. The van der Waals surface area contributed by atoms with Gasteiger partial charge in [-0.2, -0.15) is 0 Å². The highest BCUT2D eigenvalue weighted by atomic mass is 16.7. The van der Waals surface area contributed by atoms with Crippen molar-refractivity contribution < 1.29 is 28.8 Å². The molecule has 3 amide bonds. The number of ether oxygens (including phenoxy) is 1. The van der Waals surface area contributed by atoms with Crippen LogP contribution in [0.3, 0.4) is 0 Å². The number of carbonyl (C=O) groups is 3. The highest BCUT2D eigenvalue weighted by Crippen LogP contribution is 2.79. The van der Waals surface area contributed by atoms with Gasteiger partial charge in [0, 0.05) is 25.9 Å². The maximum absolute atomic E-state index is 13.0. The van der Waals surface area contributed by atoms with E-state index < -0.39 is 22.5 Å². The van der Waals surface area contributed by atoms with E-state index in [4.69, 9.17) is 14.4 Å². The Balaban J connectivity index is 1.95. The number of carbonyl (C=O) groups excluding carboxylic acids is 3. The molecule has 3 rings (SSSR count). The number of nitrogens with zero attached hydrogens (tertiary/aromatic N) is 3. The summed E-state index contributed by atoms with van der Waals surface area (Å²) >= 11 is 0. The van der Waals surface area contributed by atoms with E-state index in [1.807, 2.05) is 13.8 Å². The fourth-order valence-corrected chi connectivity index (χ4v) is 5.21. The predicted molar refractivity (Wildman–Crippen MR) is 98.4 cm³/mol. The lowest BCUT2D eigenvalue weighted by molar-refractivity contribution is -0.176. The summed E-state index contributed by atoms with van der Waals surface area (Å²) < 4.78 is 5.61. The molecule has 3 fully saturated rings. The zero-order chi connectivity index (χ0) is 21.4. The zero-order valence-corrected chi connectivity index (χ0v) is 18.1. The van der Waals surface area contributed by atoms with Crippen LogP contribution in [0.1, 0.15) is 34.6 Å². The lowest BCUT2D eigenvalue weighted by Gasteiger charge is -2.31. The molecular weight excluding hydrogens is 366 g/mol. The maximum Gasteiger partial charge on any atom is 0.410 e. The van der Waals surface area contributed by atoms with Crippen molar-refractivity contribution in [2.75, 3.05) is 28.3 Å². The van der Waals surface area contributed by atoms with Crippen LogP contribution < -0.4 is 0 Å². The second-order valence-corrected chi connectivity index (χ2v) is 9.36. The Morgan fingerprint density at radius 1 is 0.857 bits per heavy atom. The van der Waals surface area contributed by atoms with Crippen LogP contribution in [0.2, 0.25) is 0 Å². The number of hydrogen-bond donors (Lipinski definition) is 0. The van der Waals surface area contributed by atoms with Crippen LogP contribution in [0.15, 0.2) is 0 Å². The standard InChI is InChI=1S/C19H31N3O6/c1-17(2,3)28-16(25)22-12-10(18(12,4)14(23)20(6)26-8)11-13(22)19(11,5)15(24)21(7)27-9/h10-13H,1-9H3/t10-,11-,12+,13+,18+,19+/m0/s1. The number of likely N-dealkylation sites (tertiary alicyclic amines) is 1. The van der Waals surface area contributed by atoms with Crippen molar-refractivity contribution in [1.82, 2.24) is 15.0 Å². The van der Waals surface area contributed by atoms with Crippen molar-refractivity contribution in [3.05, 3.63) is 0 Å². The van der Waals surface area contributed by atoms with Crippen LogP contribution in [0.25, 0.3) is 0 Å². The highest BCUT2D eigenvalue weighted by molar-refractivity contribution is 5.94. The van der Waals surface area contributed by atoms with E-state index in [2.05, 4.69) is 0 Å². The molecule has 1 aliphatic heterocycles. The van der Waals surface area contributed by atoms with Crippen molar-refractivity contribution in [1.29, 1.82) is 0 Å². The third-order valence-corrected chi connectivity index (χ3v) is 6.71.